The minimum atomic E-state index is -2.89. The average molecular weight is 284 g/mol. The maximum absolute atomic E-state index is 12.3. The van der Waals surface area contributed by atoms with Crippen molar-refractivity contribution in [2.45, 2.75) is 19.7 Å². The standard InChI is InChI=1S/C13H14F2N2O3/c1-18-11-3-2-9(6-12(11)20-13(14)15)7-16-8-10-4-5-19-17-10/h2-6,13,16H,7-8H2,1H3. The van der Waals surface area contributed by atoms with Crippen molar-refractivity contribution in [3.8, 4) is 11.5 Å². The van der Waals surface area contributed by atoms with Crippen LogP contribution in [0, 0.1) is 0 Å². The van der Waals surface area contributed by atoms with E-state index in [1.54, 1.807) is 18.2 Å². The second-order valence-corrected chi connectivity index (χ2v) is 3.96. The lowest BCUT2D eigenvalue weighted by atomic mass is 10.2. The molecule has 0 fully saturated rings. The van der Waals surface area contributed by atoms with Gasteiger partial charge in [0.15, 0.2) is 11.5 Å². The molecule has 0 aliphatic rings. The van der Waals surface area contributed by atoms with Crippen LogP contribution in [0.25, 0.3) is 0 Å². The topological polar surface area (TPSA) is 56.5 Å². The van der Waals surface area contributed by atoms with Gasteiger partial charge in [-0.3, -0.25) is 0 Å². The highest BCUT2D eigenvalue weighted by molar-refractivity contribution is 5.42. The van der Waals surface area contributed by atoms with Gasteiger partial charge in [-0.1, -0.05) is 11.2 Å². The molecule has 1 aromatic heterocycles. The summed E-state index contributed by atoms with van der Waals surface area (Å²) in [4.78, 5) is 0. The third-order valence-corrected chi connectivity index (χ3v) is 2.57. The minimum absolute atomic E-state index is 0.0169. The minimum Gasteiger partial charge on any atom is -0.493 e. The zero-order chi connectivity index (χ0) is 14.4. The van der Waals surface area contributed by atoms with Crippen molar-refractivity contribution in [3.05, 3.63) is 41.8 Å². The maximum Gasteiger partial charge on any atom is 0.387 e. The predicted molar refractivity (Wildman–Crippen MR) is 66.7 cm³/mol. The van der Waals surface area contributed by atoms with Crippen molar-refractivity contribution >= 4 is 0 Å². The zero-order valence-corrected chi connectivity index (χ0v) is 10.8. The van der Waals surface area contributed by atoms with E-state index in [0.717, 1.165) is 11.3 Å². The summed E-state index contributed by atoms with van der Waals surface area (Å²) in [7, 11) is 1.40. The molecule has 7 heteroatoms. The molecule has 2 rings (SSSR count). The predicted octanol–water partition coefficient (Wildman–Crippen LogP) is 2.57. The molecule has 2 aromatic rings. The van der Waals surface area contributed by atoms with Gasteiger partial charge in [-0.25, -0.2) is 0 Å². The molecule has 0 amide bonds. The monoisotopic (exact) mass is 284 g/mol. The van der Waals surface area contributed by atoms with Crippen LogP contribution in [0.3, 0.4) is 0 Å². The van der Waals surface area contributed by atoms with E-state index in [9.17, 15) is 8.78 Å². The molecule has 0 unspecified atom stereocenters. The summed E-state index contributed by atoms with van der Waals surface area (Å²) in [6.45, 7) is -1.88. The first-order valence-corrected chi connectivity index (χ1v) is 5.90. The van der Waals surface area contributed by atoms with E-state index in [0.29, 0.717) is 13.1 Å². The highest BCUT2D eigenvalue weighted by atomic mass is 19.3. The summed E-state index contributed by atoms with van der Waals surface area (Å²) in [6, 6.07) is 6.62. The van der Waals surface area contributed by atoms with Crippen LogP contribution >= 0.6 is 0 Å². The molecular weight excluding hydrogens is 270 g/mol. The summed E-state index contributed by atoms with van der Waals surface area (Å²) < 4.78 is 38.7. The Bertz CT molecular complexity index is 532. The SMILES string of the molecule is COc1ccc(CNCc2ccon2)cc1OC(F)F. The number of rotatable bonds is 7. The molecule has 108 valence electrons. The lowest BCUT2D eigenvalue weighted by molar-refractivity contribution is -0.0512. The molecule has 0 spiro atoms. The van der Waals surface area contributed by atoms with Crippen LogP contribution in [-0.4, -0.2) is 18.9 Å². The third-order valence-electron chi connectivity index (χ3n) is 2.57. The molecule has 0 aliphatic carbocycles. The number of nitrogens with one attached hydrogen (secondary N) is 1. The first-order valence-electron chi connectivity index (χ1n) is 5.90. The van der Waals surface area contributed by atoms with Crippen molar-refractivity contribution < 1.29 is 22.8 Å². The van der Waals surface area contributed by atoms with Crippen LogP contribution in [-0.2, 0) is 13.1 Å². The normalized spacial score (nSPS) is 10.8. The van der Waals surface area contributed by atoms with Gasteiger partial charge in [-0.2, -0.15) is 8.78 Å². The lowest BCUT2D eigenvalue weighted by Crippen LogP contribution is -2.13. The van der Waals surface area contributed by atoms with Crippen LogP contribution in [0.5, 0.6) is 11.5 Å². The number of hydrogen-bond acceptors (Lipinski definition) is 5. The summed E-state index contributed by atoms with van der Waals surface area (Å²) in [5.41, 5.74) is 1.56. The van der Waals surface area contributed by atoms with Gasteiger partial charge in [-0.05, 0) is 17.7 Å². The smallest absolute Gasteiger partial charge is 0.387 e. The summed E-state index contributed by atoms with van der Waals surface area (Å²) in [6.07, 6.45) is 1.49. The first kappa shape index (κ1) is 14.3. The number of methoxy groups -OCH3 is 1. The number of alkyl halides is 2. The van der Waals surface area contributed by atoms with Gasteiger partial charge >= 0.3 is 6.61 Å². The molecule has 0 saturated heterocycles. The quantitative estimate of drug-likeness (QED) is 0.847. The Balaban J connectivity index is 1.97. The number of aromatic nitrogens is 1. The second kappa shape index (κ2) is 6.85. The molecule has 0 atom stereocenters. The number of ether oxygens (including phenoxy) is 2. The van der Waals surface area contributed by atoms with E-state index < -0.39 is 6.61 Å². The Morgan fingerprint density at radius 3 is 2.75 bits per heavy atom. The third kappa shape index (κ3) is 3.92. The molecule has 1 N–H and O–H groups in total. The Morgan fingerprint density at radius 2 is 2.10 bits per heavy atom. The van der Waals surface area contributed by atoms with Crippen molar-refractivity contribution in [2.75, 3.05) is 7.11 Å². The zero-order valence-electron chi connectivity index (χ0n) is 10.8. The Labute approximate surface area is 114 Å². The fraction of sp³-hybridized carbons (Fsp3) is 0.308. The van der Waals surface area contributed by atoms with Crippen LogP contribution in [0.1, 0.15) is 11.3 Å². The second-order valence-electron chi connectivity index (χ2n) is 3.96. The van der Waals surface area contributed by atoms with E-state index >= 15 is 0 Å². The Hall–Kier alpha value is -2.15. The van der Waals surface area contributed by atoms with Gasteiger partial charge in [0, 0.05) is 19.2 Å². The number of nitrogens with zero attached hydrogens (tertiary/aromatic N) is 1. The van der Waals surface area contributed by atoms with Crippen LogP contribution in [0.15, 0.2) is 35.1 Å². The molecule has 1 aromatic carbocycles. The van der Waals surface area contributed by atoms with E-state index in [2.05, 4.69) is 15.2 Å². The average Bonchev–Trinajstić information content (AvgIpc) is 2.91. The summed E-state index contributed by atoms with van der Waals surface area (Å²) >= 11 is 0. The van der Waals surface area contributed by atoms with Gasteiger partial charge in [0.1, 0.15) is 6.26 Å². The lowest BCUT2D eigenvalue weighted by Gasteiger charge is -2.11. The van der Waals surface area contributed by atoms with Gasteiger partial charge in [0.2, 0.25) is 0 Å². The highest BCUT2D eigenvalue weighted by Crippen LogP contribution is 2.29. The van der Waals surface area contributed by atoms with Crippen LogP contribution < -0.4 is 14.8 Å². The summed E-state index contributed by atoms with van der Waals surface area (Å²) in [5.74, 6) is 0.286. The van der Waals surface area contributed by atoms with E-state index in [1.165, 1.54) is 19.4 Å². The van der Waals surface area contributed by atoms with Gasteiger partial charge in [0.25, 0.3) is 0 Å². The van der Waals surface area contributed by atoms with Gasteiger partial charge in [0.05, 0.1) is 12.8 Å². The van der Waals surface area contributed by atoms with Gasteiger partial charge in [-0.15, -0.1) is 0 Å². The van der Waals surface area contributed by atoms with E-state index in [1.807, 2.05) is 0 Å². The summed E-state index contributed by atoms with van der Waals surface area (Å²) in [5, 5.41) is 6.87. The first-order chi connectivity index (χ1) is 9.69. The number of hydrogen-bond donors (Lipinski definition) is 1. The Morgan fingerprint density at radius 1 is 1.25 bits per heavy atom. The molecule has 0 bridgehead atoms. The van der Waals surface area contributed by atoms with Crippen molar-refractivity contribution in [1.29, 1.82) is 0 Å². The fourth-order valence-electron chi connectivity index (χ4n) is 1.68. The highest BCUT2D eigenvalue weighted by Gasteiger charge is 2.11. The van der Waals surface area contributed by atoms with Crippen molar-refractivity contribution in [2.24, 2.45) is 0 Å². The number of halogens is 2. The van der Waals surface area contributed by atoms with E-state index in [4.69, 9.17) is 9.26 Å². The number of benzene rings is 1. The fourth-order valence-corrected chi connectivity index (χ4v) is 1.68. The van der Waals surface area contributed by atoms with E-state index in [-0.39, 0.29) is 11.5 Å². The maximum atomic E-state index is 12.3. The molecule has 0 aliphatic heterocycles. The molecule has 5 nitrogen and oxygen atoms in total. The molecule has 0 radical (unpaired) electrons. The largest absolute Gasteiger partial charge is 0.493 e. The molecule has 1 heterocycles. The molecule has 0 saturated carbocycles. The van der Waals surface area contributed by atoms with Gasteiger partial charge < -0.3 is 19.3 Å². The molecule has 20 heavy (non-hydrogen) atoms. The van der Waals surface area contributed by atoms with Crippen LogP contribution in [0.4, 0.5) is 8.78 Å². The van der Waals surface area contributed by atoms with Crippen molar-refractivity contribution in [1.82, 2.24) is 10.5 Å². The van der Waals surface area contributed by atoms with Crippen LogP contribution in [0.2, 0.25) is 0 Å². The Kier molecular flexibility index (Phi) is 4.89. The van der Waals surface area contributed by atoms with Crippen molar-refractivity contribution in [3.63, 3.8) is 0 Å². The molecular formula is C13H14F2N2O3.